The van der Waals surface area contributed by atoms with E-state index in [1.807, 2.05) is 0 Å². The third kappa shape index (κ3) is 5.45. The Hall–Kier alpha value is -0.710. The van der Waals surface area contributed by atoms with Gasteiger partial charge >= 0.3 is 0 Å². The monoisotopic (exact) mass is 433 g/mol. The van der Waals surface area contributed by atoms with Gasteiger partial charge in [0.05, 0.1) is 12.2 Å². The molecule has 0 amide bonds. The molecular weight excluding hydrogens is 389 g/mol. The van der Waals surface area contributed by atoms with Crippen LogP contribution in [-0.2, 0) is 0 Å². The molecule has 4 fully saturated rings. The summed E-state index contributed by atoms with van der Waals surface area (Å²) in [4.78, 5) is 2.31. The Morgan fingerprint density at radius 3 is 2.65 bits per heavy atom. The van der Waals surface area contributed by atoms with Gasteiger partial charge in [-0.1, -0.05) is 37.1 Å². The maximum absolute atomic E-state index is 13.4. The lowest BCUT2D eigenvalue weighted by atomic mass is 9.60. The third-order valence-electron chi connectivity index (χ3n) is 9.15. The van der Waals surface area contributed by atoms with Crippen LogP contribution in [0.3, 0.4) is 0 Å². The Morgan fingerprint density at radius 2 is 1.94 bits per heavy atom. The van der Waals surface area contributed by atoms with Crippen molar-refractivity contribution in [3.63, 3.8) is 0 Å². The molecule has 1 aliphatic heterocycles. The number of hydrogen-bond acceptors (Lipinski definition) is 3. The summed E-state index contributed by atoms with van der Waals surface area (Å²) in [6.45, 7) is 7.67. The van der Waals surface area contributed by atoms with Crippen LogP contribution in [-0.4, -0.2) is 53.1 Å². The normalized spacial score (nSPS) is 41.5. The van der Waals surface area contributed by atoms with Crippen molar-refractivity contribution in [1.82, 2.24) is 4.90 Å². The summed E-state index contributed by atoms with van der Waals surface area (Å²) in [5, 5.41) is 20.0. The quantitative estimate of drug-likeness (QED) is 0.588. The van der Waals surface area contributed by atoms with Crippen molar-refractivity contribution in [3.8, 4) is 0 Å². The van der Waals surface area contributed by atoms with E-state index in [2.05, 4.69) is 30.9 Å². The minimum atomic E-state index is -0.602. The number of likely N-dealkylation sites (tertiary alicyclic amines) is 1. The van der Waals surface area contributed by atoms with Crippen molar-refractivity contribution in [3.05, 3.63) is 23.3 Å². The van der Waals surface area contributed by atoms with Crippen LogP contribution in [0.5, 0.6) is 0 Å². The fourth-order valence-electron chi connectivity index (χ4n) is 7.57. The lowest BCUT2D eigenvalue weighted by Gasteiger charge is -2.44. The van der Waals surface area contributed by atoms with Crippen molar-refractivity contribution >= 4 is 0 Å². The number of aliphatic hydroxyl groups excluding tert-OH is 2. The van der Waals surface area contributed by atoms with Gasteiger partial charge in [0.15, 0.2) is 0 Å². The molecule has 3 nitrogen and oxygen atoms in total. The Kier molecular flexibility index (Phi) is 7.60. The van der Waals surface area contributed by atoms with E-state index in [9.17, 15) is 14.6 Å². The standard InChI is InChI=1S/C27H44FNO2/c1-19(5-4-13-29-14-11-22(28)18-29)25-9-10-26-21(6-3-12-27(25,26)2)8-7-20-15-23(30)17-24(31)16-20/h7-8,19,22-26,30-31H,3-6,9-18H2,1-2H3/b21-8+/t19-,22+,23-,24-,25-,26+,27-/m1/s1. The number of nitrogens with zero attached hydrogens (tertiary/aromatic N) is 1. The van der Waals surface area contributed by atoms with E-state index in [1.165, 1.54) is 50.5 Å². The second-order valence-corrected chi connectivity index (χ2v) is 11.4. The van der Waals surface area contributed by atoms with Gasteiger partial charge in [0.2, 0.25) is 0 Å². The zero-order valence-electron chi connectivity index (χ0n) is 19.7. The Morgan fingerprint density at radius 1 is 1.16 bits per heavy atom. The summed E-state index contributed by atoms with van der Waals surface area (Å²) in [5.41, 5.74) is 3.22. The van der Waals surface area contributed by atoms with Crippen LogP contribution in [0.2, 0.25) is 0 Å². The molecule has 1 heterocycles. The van der Waals surface area contributed by atoms with E-state index in [0.717, 1.165) is 31.3 Å². The summed E-state index contributed by atoms with van der Waals surface area (Å²) >= 11 is 0. The molecule has 4 rings (SSSR count). The van der Waals surface area contributed by atoms with Gasteiger partial charge < -0.3 is 15.1 Å². The molecule has 3 aliphatic carbocycles. The minimum Gasteiger partial charge on any atom is -0.393 e. The molecule has 176 valence electrons. The van der Waals surface area contributed by atoms with Crippen molar-refractivity contribution < 1.29 is 14.6 Å². The first-order chi connectivity index (χ1) is 14.8. The van der Waals surface area contributed by atoms with Crippen LogP contribution in [0.15, 0.2) is 23.3 Å². The smallest absolute Gasteiger partial charge is 0.114 e. The predicted molar refractivity (Wildman–Crippen MR) is 125 cm³/mol. The van der Waals surface area contributed by atoms with Gasteiger partial charge in [0, 0.05) is 13.1 Å². The molecule has 0 aromatic rings. The van der Waals surface area contributed by atoms with E-state index < -0.39 is 18.4 Å². The lowest BCUT2D eigenvalue weighted by Crippen LogP contribution is -2.36. The fourth-order valence-corrected chi connectivity index (χ4v) is 7.57. The zero-order valence-corrected chi connectivity index (χ0v) is 19.7. The molecule has 3 saturated carbocycles. The highest BCUT2D eigenvalue weighted by atomic mass is 19.1. The average molecular weight is 434 g/mol. The Balaban J connectivity index is 1.35. The minimum absolute atomic E-state index is 0.391. The first kappa shape index (κ1) is 23.4. The molecule has 0 bridgehead atoms. The molecule has 7 atom stereocenters. The van der Waals surface area contributed by atoms with Crippen LogP contribution in [0, 0.1) is 23.2 Å². The largest absolute Gasteiger partial charge is 0.393 e. The number of hydrogen-bond donors (Lipinski definition) is 2. The second kappa shape index (κ2) is 10.1. The molecule has 0 aromatic carbocycles. The van der Waals surface area contributed by atoms with Crippen LogP contribution < -0.4 is 0 Å². The Labute approximate surface area is 188 Å². The SMILES string of the molecule is C[C@H](CCCN1CC[C@H](F)C1)[C@H]1CC[C@H]2/C(=C/C=C3C[C@@H](O)C[C@H](O)C3)CCC[C@]12C. The number of allylic oxidation sites excluding steroid dienone is 3. The van der Waals surface area contributed by atoms with Gasteiger partial charge in [-0.3, -0.25) is 0 Å². The summed E-state index contributed by atoms with van der Waals surface area (Å²) in [5.74, 6) is 2.22. The van der Waals surface area contributed by atoms with E-state index >= 15 is 0 Å². The van der Waals surface area contributed by atoms with Gasteiger partial charge in [0.1, 0.15) is 6.17 Å². The van der Waals surface area contributed by atoms with E-state index in [-0.39, 0.29) is 0 Å². The molecule has 0 radical (unpaired) electrons. The highest BCUT2D eigenvalue weighted by Crippen LogP contribution is 2.59. The number of halogens is 1. The molecule has 4 aliphatic rings. The second-order valence-electron chi connectivity index (χ2n) is 11.4. The Bertz CT molecular complexity index is 664. The number of aliphatic hydroxyl groups is 2. The summed E-state index contributed by atoms with van der Waals surface area (Å²) < 4.78 is 13.4. The molecule has 31 heavy (non-hydrogen) atoms. The van der Waals surface area contributed by atoms with Crippen LogP contribution in [0.4, 0.5) is 4.39 Å². The van der Waals surface area contributed by atoms with Crippen molar-refractivity contribution in [2.24, 2.45) is 23.2 Å². The van der Waals surface area contributed by atoms with Gasteiger partial charge in [0.25, 0.3) is 0 Å². The topological polar surface area (TPSA) is 43.7 Å². The van der Waals surface area contributed by atoms with Gasteiger partial charge in [-0.25, -0.2) is 4.39 Å². The van der Waals surface area contributed by atoms with Crippen molar-refractivity contribution in [1.29, 1.82) is 0 Å². The van der Waals surface area contributed by atoms with Gasteiger partial charge in [-0.15, -0.1) is 0 Å². The first-order valence-corrected chi connectivity index (χ1v) is 13.0. The van der Waals surface area contributed by atoms with Crippen molar-refractivity contribution in [2.45, 2.75) is 103 Å². The summed E-state index contributed by atoms with van der Waals surface area (Å²) in [7, 11) is 0. The highest BCUT2D eigenvalue weighted by Gasteiger charge is 2.50. The van der Waals surface area contributed by atoms with E-state index in [1.54, 1.807) is 5.57 Å². The summed E-state index contributed by atoms with van der Waals surface area (Å²) in [6, 6.07) is 0. The molecule has 0 unspecified atom stereocenters. The molecule has 0 spiro atoms. The van der Waals surface area contributed by atoms with Gasteiger partial charge in [-0.2, -0.15) is 0 Å². The maximum atomic E-state index is 13.4. The fraction of sp³-hybridized carbons (Fsp3) is 0.852. The molecule has 4 heteroatoms. The van der Waals surface area contributed by atoms with Gasteiger partial charge in [-0.05, 0) is 100 Å². The third-order valence-corrected chi connectivity index (χ3v) is 9.15. The highest BCUT2D eigenvalue weighted by molar-refractivity contribution is 5.26. The summed E-state index contributed by atoms with van der Waals surface area (Å²) in [6.07, 6.45) is 14.8. The molecule has 1 saturated heterocycles. The number of rotatable bonds is 6. The average Bonchev–Trinajstić information content (AvgIpc) is 3.28. The predicted octanol–water partition coefficient (Wildman–Crippen LogP) is 5.42. The number of alkyl halides is 1. The molecular formula is C27H44FNO2. The lowest BCUT2D eigenvalue weighted by molar-refractivity contribution is 0.0609. The maximum Gasteiger partial charge on any atom is 0.114 e. The number of fused-ring (bicyclic) bond motifs is 1. The molecule has 2 N–H and O–H groups in total. The van der Waals surface area contributed by atoms with Crippen LogP contribution in [0.25, 0.3) is 0 Å². The van der Waals surface area contributed by atoms with Crippen LogP contribution in [0.1, 0.15) is 84.5 Å². The van der Waals surface area contributed by atoms with E-state index in [0.29, 0.717) is 37.1 Å². The van der Waals surface area contributed by atoms with E-state index in [4.69, 9.17) is 0 Å². The van der Waals surface area contributed by atoms with Crippen LogP contribution >= 0.6 is 0 Å². The molecule has 0 aromatic heterocycles. The first-order valence-electron chi connectivity index (χ1n) is 13.0. The zero-order chi connectivity index (χ0) is 22.0. The van der Waals surface area contributed by atoms with Crippen molar-refractivity contribution in [2.75, 3.05) is 19.6 Å².